The lowest BCUT2D eigenvalue weighted by Gasteiger charge is -2.02. The van der Waals surface area contributed by atoms with Crippen molar-refractivity contribution in [2.24, 2.45) is 0 Å². The molecule has 1 N–H and O–H groups in total. The number of carbonyl (C=O) groups is 2. The topological polar surface area (TPSA) is 72.2 Å². The molecule has 0 aromatic carbocycles. The summed E-state index contributed by atoms with van der Waals surface area (Å²) in [5.41, 5.74) is 0.845. The smallest absolute Gasteiger partial charge is 0.353 e. The van der Waals surface area contributed by atoms with Gasteiger partial charge in [0.2, 0.25) is 0 Å². The second-order valence-corrected chi connectivity index (χ2v) is 5.32. The molecule has 0 fully saturated rings. The SMILES string of the molecule is CCn1c(C(=O)O)c(C=O)c2sc(SC)nc21. The fourth-order valence-corrected chi connectivity index (χ4v) is 3.32. The second kappa shape index (κ2) is 4.50. The number of carboxylic acids is 1. The molecule has 0 amide bonds. The lowest BCUT2D eigenvalue weighted by Crippen LogP contribution is -2.09. The van der Waals surface area contributed by atoms with Crippen molar-refractivity contribution in [3.8, 4) is 0 Å². The van der Waals surface area contributed by atoms with Crippen molar-refractivity contribution in [1.29, 1.82) is 0 Å². The number of aromatic nitrogens is 2. The van der Waals surface area contributed by atoms with Gasteiger partial charge in [0.15, 0.2) is 16.3 Å². The molecule has 5 nitrogen and oxygen atoms in total. The van der Waals surface area contributed by atoms with Gasteiger partial charge in [-0.2, -0.15) is 0 Å². The molecule has 0 radical (unpaired) electrons. The molecule has 0 bridgehead atoms. The average Bonchev–Trinajstić information content (AvgIpc) is 2.83. The summed E-state index contributed by atoms with van der Waals surface area (Å²) in [6.07, 6.45) is 2.49. The van der Waals surface area contributed by atoms with Gasteiger partial charge >= 0.3 is 5.97 Å². The quantitative estimate of drug-likeness (QED) is 0.682. The van der Waals surface area contributed by atoms with E-state index in [1.54, 1.807) is 4.57 Å². The van der Waals surface area contributed by atoms with E-state index in [-0.39, 0.29) is 11.3 Å². The number of aldehydes is 1. The van der Waals surface area contributed by atoms with E-state index in [0.29, 0.717) is 23.2 Å². The van der Waals surface area contributed by atoms with E-state index in [1.165, 1.54) is 23.1 Å². The first-order valence-corrected chi connectivity index (χ1v) is 6.93. The highest BCUT2D eigenvalue weighted by molar-refractivity contribution is 8.00. The van der Waals surface area contributed by atoms with Gasteiger partial charge in [0.1, 0.15) is 5.69 Å². The zero-order chi connectivity index (χ0) is 12.6. The van der Waals surface area contributed by atoms with E-state index in [2.05, 4.69) is 4.98 Å². The molecule has 0 spiro atoms. The molecule has 0 aliphatic heterocycles. The lowest BCUT2D eigenvalue weighted by molar-refractivity contribution is 0.0683. The molecule has 0 saturated heterocycles. The molecule has 90 valence electrons. The average molecular weight is 270 g/mol. The van der Waals surface area contributed by atoms with Gasteiger partial charge in [-0.1, -0.05) is 11.8 Å². The zero-order valence-corrected chi connectivity index (χ0v) is 10.9. The fraction of sp³-hybridized carbons (Fsp3) is 0.300. The van der Waals surface area contributed by atoms with Gasteiger partial charge < -0.3 is 9.67 Å². The Morgan fingerprint density at radius 3 is 2.82 bits per heavy atom. The van der Waals surface area contributed by atoms with Crippen molar-refractivity contribution in [3.05, 3.63) is 11.3 Å². The number of fused-ring (bicyclic) bond motifs is 1. The minimum atomic E-state index is -1.09. The number of carbonyl (C=O) groups excluding carboxylic acids is 1. The van der Waals surface area contributed by atoms with Crippen LogP contribution in [-0.4, -0.2) is 33.2 Å². The van der Waals surface area contributed by atoms with E-state index in [0.717, 1.165) is 4.34 Å². The van der Waals surface area contributed by atoms with Gasteiger partial charge in [0, 0.05) is 6.54 Å². The minimum absolute atomic E-state index is 0.0314. The third kappa shape index (κ3) is 1.75. The molecule has 0 saturated carbocycles. The molecule has 2 aromatic heterocycles. The Balaban J connectivity index is 2.85. The number of nitrogens with zero attached hydrogens (tertiary/aromatic N) is 2. The standard InChI is InChI=1S/C10H10N2O3S2/c1-3-12-6(9(14)15)5(4-13)7-8(12)11-10(16-2)17-7/h4H,3H2,1-2H3,(H,14,15). The molecule has 17 heavy (non-hydrogen) atoms. The number of carboxylic acid groups (broad SMARTS) is 1. The molecule has 2 rings (SSSR count). The summed E-state index contributed by atoms with van der Waals surface area (Å²) in [6, 6.07) is 0. The summed E-state index contributed by atoms with van der Waals surface area (Å²) in [5.74, 6) is -1.09. The maximum Gasteiger partial charge on any atom is 0.353 e. The Kier molecular flexibility index (Phi) is 3.21. The van der Waals surface area contributed by atoms with Crippen molar-refractivity contribution < 1.29 is 14.7 Å². The minimum Gasteiger partial charge on any atom is -0.477 e. The summed E-state index contributed by atoms with van der Waals surface area (Å²) in [6.45, 7) is 2.31. The molecule has 0 aliphatic carbocycles. The van der Waals surface area contributed by atoms with Gasteiger partial charge in [-0.15, -0.1) is 11.3 Å². The summed E-state index contributed by atoms with van der Waals surface area (Å²) in [5, 5.41) is 9.15. The van der Waals surface area contributed by atoms with E-state index >= 15 is 0 Å². The Labute approximate surface area is 105 Å². The molecular formula is C10H10N2O3S2. The Hall–Kier alpha value is -1.34. The predicted molar refractivity (Wildman–Crippen MR) is 67.4 cm³/mol. The van der Waals surface area contributed by atoms with E-state index < -0.39 is 5.97 Å². The van der Waals surface area contributed by atoms with Gasteiger partial charge in [-0.3, -0.25) is 4.79 Å². The van der Waals surface area contributed by atoms with Crippen molar-refractivity contribution >= 4 is 45.7 Å². The number of thiazole rings is 1. The molecule has 7 heteroatoms. The van der Waals surface area contributed by atoms with Crippen LogP contribution in [0, 0.1) is 0 Å². The second-order valence-electron chi connectivity index (χ2n) is 3.27. The molecule has 0 atom stereocenters. The third-order valence-electron chi connectivity index (χ3n) is 2.43. The summed E-state index contributed by atoms with van der Waals surface area (Å²) < 4.78 is 3.05. The van der Waals surface area contributed by atoms with Crippen LogP contribution >= 0.6 is 23.1 Å². The molecule has 2 aromatic rings. The summed E-state index contributed by atoms with van der Waals surface area (Å²) in [7, 11) is 0. The first-order chi connectivity index (χ1) is 8.13. The van der Waals surface area contributed by atoms with Crippen LogP contribution in [0.5, 0.6) is 0 Å². The first-order valence-electron chi connectivity index (χ1n) is 4.89. The van der Waals surface area contributed by atoms with Gasteiger partial charge in [-0.25, -0.2) is 9.78 Å². The summed E-state index contributed by atoms with van der Waals surface area (Å²) in [4.78, 5) is 26.6. The van der Waals surface area contributed by atoms with Crippen LogP contribution in [0.25, 0.3) is 10.3 Å². The van der Waals surface area contributed by atoms with Gasteiger partial charge in [0.05, 0.1) is 10.3 Å². The predicted octanol–water partition coefficient (Wildman–Crippen LogP) is 2.35. The normalized spacial score (nSPS) is 10.9. The van der Waals surface area contributed by atoms with Crippen molar-refractivity contribution in [2.45, 2.75) is 17.8 Å². The lowest BCUT2D eigenvalue weighted by atomic mass is 10.2. The van der Waals surface area contributed by atoms with Crippen molar-refractivity contribution in [1.82, 2.24) is 9.55 Å². The maximum atomic E-state index is 11.2. The van der Waals surface area contributed by atoms with Crippen LogP contribution in [-0.2, 0) is 6.54 Å². The number of thioether (sulfide) groups is 1. The van der Waals surface area contributed by atoms with E-state index in [4.69, 9.17) is 5.11 Å². The highest BCUT2D eigenvalue weighted by atomic mass is 32.2. The van der Waals surface area contributed by atoms with Crippen molar-refractivity contribution in [3.63, 3.8) is 0 Å². The van der Waals surface area contributed by atoms with Crippen LogP contribution in [0.15, 0.2) is 4.34 Å². The van der Waals surface area contributed by atoms with Crippen LogP contribution in [0.3, 0.4) is 0 Å². The number of hydrogen-bond donors (Lipinski definition) is 1. The summed E-state index contributed by atoms with van der Waals surface area (Å²) >= 11 is 2.84. The van der Waals surface area contributed by atoms with Crippen LogP contribution in [0.2, 0.25) is 0 Å². The zero-order valence-electron chi connectivity index (χ0n) is 9.26. The van der Waals surface area contributed by atoms with Crippen molar-refractivity contribution in [2.75, 3.05) is 6.26 Å². The van der Waals surface area contributed by atoms with Gasteiger partial charge in [-0.05, 0) is 13.2 Å². The highest BCUT2D eigenvalue weighted by Crippen LogP contribution is 2.33. The van der Waals surface area contributed by atoms with Crippen LogP contribution in [0.1, 0.15) is 27.8 Å². The molecule has 2 heterocycles. The number of hydrogen-bond acceptors (Lipinski definition) is 5. The van der Waals surface area contributed by atoms with Gasteiger partial charge in [0.25, 0.3) is 0 Å². The van der Waals surface area contributed by atoms with Crippen LogP contribution in [0.4, 0.5) is 0 Å². The Morgan fingerprint density at radius 1 is 1.65 bits per heavy atom. The molecule has 0 aliphatic rings. The van der Waals surface area contributed by atoms with E-state index in [1.807, 2.05) is 13.2 Å². The third-order valence-corrected chi connectivity index (χ3v) is 4.49. The highest BCUT2D eigenvalue weighted by Gasteiger charge is 2.24. The largest absolute Gasteiger partial charge is 0.477 e. The van der Waals surface area contributed by atoms with E-state index in [9.17, 15) is 9.59 Å². The Morgan fingerprint density at radius 2 is 2.35 bits per heavy atom. The number of aromatic carboxylic acids is 1. The molecular weight excluding hydrogens is 260 g/mol. The Bertz CT molecular complexity index is 600. The molecule has 0 unspecified atom stereocenters. The number of rotatable bonds is 4. The monoisotopic (exact) mass is 270 g/mol. The number of aryl methyl sites for hydroxylation is 1. The fourth-order valence-electron chi connectivity index (χ4n) is 1.75. The first kappa shape index (κ1) is 12.1. The maximum absolute atomic E-state index is 11.2. The van der Waals surface area contributed by atoms with Crippen LogP contribution < -0.4 is 0 Å².